The zero-order valence-electron chi connectivity index (χ0n) is 18.1. The van der Waals surface area contributed by atoms with Crippen molar-refractivity contribution in [3.05, 3.63) is 70.1 Å². The van der Waals surface area contributed by atoms with Gasteiger partial charge in [-0.05, 0) is 51.1 Å². The summed E-state index contributed by atoms with van der Waals surface area (Å²) in [6.45, 7) is 5.11. The highest BCUT2D eigenvalue weighted by Crippen LogP contribution is 2.26. The van der Waals surface area contributed by atoms with E-state index in [9.17, 15) is 18.0 Å². The number of anilines is 1. The number of carbonyl (C=O) groups is 1. The van der Waals surface area contributed by atoms with E-state index >= 15 is 0 Å². The van der Waals surface area contributed by atoms with Gasteiger partial charge in [0.15, 0.2) is 0 Å². The number of carbonyl (C=O) groups excluding carboxylic acids is 1. The van der Waals surface area contributed by atoms with Gasteiger partial charge in [-0.3, -0.25) is 9.59 Å². The summed E-state index contributed by atoms with van der Waals surface area (Å²) in [5.74, 6) is 0.00588. The summed E-state index contributed by atoms with van der Waals surface area (Å²) in [4.78, 5) is 31.4. The van der Waals surface area contributed by atoms with Gasteiger partial charge in [0.25, 0.3) is 11.5 Å². The summed E-state index contributed by atoms with van der Waals surface area (Å²) in [6.07, 6.45) is 0. The van der Waals surface area contributed by atoms with Crippen molar-refractivity contribution in [1.82, 2.24) is 14.7 Å². The van der Waals surface area contributed by atoms with E-state index in [4.69, 9.17) is 4.74 Å². The van der Waals surface area contributed by atoms with Crippen LogP contribution in [0.2, 0.25) is 0 Å². The molecule has 10 heteroatoms. The molecule has 3 N–H and O–H groups in total. The molecule has 0 radical (unpaired) electrons. The van der Waals surface area contributed by atoms with E-state index in [1.807, 2.05) is 0 Å². The average Bonchev–Trinajstić information content (AvgIpc) is 2.72. The highest BCUT2D eigenvalue weighted by atomic mass is 32.2. The van der Waals surface area contributed by atoms with Crippen LogP contribution in [-0.2, 0) is 10.0 Å². The Bertz CT molecular complexity index is 1320. The van der Waals surface area contributed by atoms with E-state index in [1.54, 1.807) is 45.0 Å². The second kappa shape index (κ2) is 9.33. The van der Waals surface area contributed by atoms with Gasteiger partial charge in [0.1, 0.15) is 16.5 Å². The van der Waals surface area contributed by atoms with Gasteiger partial charge in [0, 0.05) is 34.6 Å². The molecule has 3 aromatic rings. The third kappa shape index (κ3) is 5.40. The number of aromatic amines is 1. The second-order valence-electron chi connectivity index (χ2n) is 7.41. The minimum atomic E-state index is -3.88. The van der Waals surface area contributed by atoms with Gasteiger partial charge in [-0.15, -0.1) is 0 Å². The van der Waals surface area contributed by atoms with E-state index in [0.29, 0.717) is 22.8 Å². The first-order valence-electron chi connectivity index (χ1n) is 9.79. The molecule has 0 atom stereocenters. The fourth-order valence-corrected chi connectivity index (χ4v) is 4.51. The zero-order valence-corrected chi connectivity index (χ0v) is 18.9. The molecule has 0 unspecified atom stereocenters. The molecule has 0 bridgehead atoms. The summed E-state index contributed by atoms with van der Waals surface area (Å²) in [5.41, 5.74) is 1.51. The second-order valence-corrected chi connectivity index (χ2v) is 9.09. The maximum absolute atomic E-state index is 12.8. The van der Waals surface area contributed by atoms with Gasteiger partial charge in [0.2, 0.25) is 10.0 Å². The minimum Gasteiger partial charge on any atom is -0.495 e. The molecule has 0 spiro atoms. The van der Waals surface area contributed by atoms with E-state index in [-0.39, 0.29) is 27.8 Å². The van der Waals surface area contributed by atoms with Crippen LogP contribution >= 0.6 is 0 Å². The molecular formula is C22H24N4O5S. The van der Waals surface area contributed by atoms with Crippen molar-refractivity contribution in [2.75, 3.05) is 12.4 Å². The van der Waals surface area contributed by atoms with Crippen molar-refractivity contribution >= 4 is 21.6 Å². The SMILES string of the molecule is COc1ccc(C(=O)Nc2cccc(-c3nc(C)cc(=O)[nH]3)c2)cc1S(=O)(=O)NC(C)C. The number of H-pyrrole nitrogens is 1. The van der Waals surface area contributed by atoms with Crippen molar-refractivity contribution in [3.8, 4) is 17.1 Å². The number of hydrogen-bond acceptors (Lipinski definition) is 6. The van der Waals surface area contributed by atoms with Gasteiger partial charge < -0.3 is 15.0 Å². The largest absolute Gasteiger partial charge is 0.495 e. The highest BCUT2D eigenvalue weighted by Gasteiger charge is 2.22. The highest BCUT2D eigenvalue weighted by molar-refractivity contribution is 7.89. The first-order valence-corrected chi connectivity index (χ1v) is 11.3. The third-order valence-corrected chi connectivity index (χ3v) is 6.05. The Balaban J connectivity index is 1.91. The number of nitrogens with zero attached hydrogens (tertiary/aromatic N) is 1. The molecule has 0 fully saturated rings. The molecule has 9 nitrogen and oxygen atoms in total. The molecule has 2 aromatic carbocycles. The molecule has 3 rings (SSSR count). The van der Waals surface area contributed by atoms with Gasteiger partial charge in [-0.1, -0.05) is 12.1 Å². The molecule has 32 heavy (non-hydrogen) atoms. The monoisotopic (exact) mass is 456 g/mol. The molecule has 1 heterocycles. The topological polar surface area (TPSA) is 130 Å². The first kappa shape index (κ1) is 23.2. The molecule has 0 saturated carbocycles. The number of methoxy groups -OCH3 is 1. The number of aryl methyl sites for hydroxylation is 1. The minimum absolute atomic E-state index is 0.128. The van der Waals surface area contributed by atoms with Crippen LogP contribution in [0.15, 0.2) is 58.2 Å². The van der Waals surface area contributed by atoms with E-state index in [1.165, 1.54) is 31.4 Å². The van der Waals surface area contributed by atoms with Crippen LogP contribution in [-0.4, -0.2) is 37.4 Å². The summed E-state index contributed by atoms with van der Waals surface area (Å²) in [5, 5.41) is 2.74. The van der Waals surface area contributed by atoms with Gasteiger partial charge in [0.05, 0.1) is 7.11 Å². The smallest absolute Gasteiger partial charge is 0.255 e. The van der Waals surface area contributed by atoms with E-state index in [0.717, 1.165) is 0 Å². The molecule has 1 amide bonds. The van der Waals surface area contributed by atoms with Crippen LogP contribution in [0.1, 0.15) is 29.9 Å². The predicted octanol–water partition coefficient (Wildman–Crippen LogP) is 2.69. The molecule has 0 aliphatic heterocycles. The zero-order chi connectivity index (χ0) is 23.5. The molecule has 0 aliphatic rings. The van der Waals surface area contributed by atoms with Crippen LogP contribution in [0.25, 0.3) is 11.4 Å². The molecule has 168 valence electrons. The Morgan fingerprint density at radius 3 is 2.53 bits per heavy atom. The summed E-state index contributed by atoms with van der Waals surface area (Å²) >= 11 is 0. The van der Waals surface area contributed by atoms with Crippen LogP contribution in [0.5, 0.6) is 5.75 Å². The normalized spacial score (nSPS) is 11.4. The lowest BCUT2D eigenvalue weighted by Gasteiger charge is -2.14. The summed E-state index contributed by atoms with van der Waals surface area (Å²) < 4.78 is 33.0. The van der Waals surface area contributed by atoms with Crippen molar-refractivity contribution in [2.24, 2.45) is 0 Å². The van der Waals surface area contributed by atoms with Crippen molar-refractivity contribution in [1.29, 1.82) is 0 Å². The fourth-order valence-electron chi connectivity index (χ4n) is 3.07. The standard InChI is InChI=1S/C22H24N4O5S/c1-13(2)26-32(29,30)19-12-16(8-9-18(19)31-4)22(28)24-17-7-5-6-15(11-17)21-23-14(3)10-20(27)25-21/h5-13,26H,1-4H3,(H,24,28)(H,23,25,27). The van der Waals surface area contributed by atoms with Gasteiger partial charge in [-0.25, -0.2) is 18.1 Å². The van der Waals surface area contributed by atoms with Gasteiger partial charge in [-0.2, -0.15) is 0 Å². The maximum atomic E-state index is 12.8. The summed E-state index contributed by atoms with van der Waals surface area (Å²) in [6, 6.07) is 12.0. The number of sulfonamides is 1. The molecule has 0 saturated heterocycles. The number of hydrogen-bond donors (Lipinski definition) is 3. The Hall–Kier alpha value is -3.50. The lowest BCUT2D eigenvalue weighted by molar-refractivity contribution is 0.102. The average molecular weight is 457 g/mol. The van der Waals surface area contributed by atoms with E-state index in [2.05, 4.69) is 20.0 Å². The predicted molar refractivity (Wildman–Crippen MR) is 121 cm³/mol. The third-order valence-electron chi connectivity index (χ3n) is 4.37. The fraction of sp³-hybridized carbons (Fsp3) is 0.227. The molecule has 0 aliphatic carbocycles. The number of rotatable bonds is 7. The van der Waals surface area contributed by atoms with Crippen LogP contribution in [0.4, 0.5) is 5.69 Å². The van der Waals surface area contributed by atoms with Crippen molar-refractivity contribution < 1.29 is 17.9 Å². The number of ether oxygens (including phenoxy) is 1. The van der Waals surface area contributed by atoms with E-state index < -0.39 is 15.9 Å². The Labute approximate surface area is 185 Å². The number of aromatic nitrogens is 2. The Morgan fingerprint density at radius 2 is 1.88 bits per heavy atom. The van der Waals surface area contributed by atoms with Gasteiger partial charge >= 0.3 is 0 Å². The quantitative estimate of drug-likeness (QED) is 0.501. The molecule has 1 aromatic heterocycles. The number of benzene rings is 2. The number of nitrogens with one attached hydrogen (secondary N) is 3. The number of amides is 1. The lowest BCUT2D eigenvalue weighted by Crippen LogP contribution is -2.30. The van der Waals surface area contributed by atoms with Crippen LogP contribution in [0, 0.1) is 6.92 Å². The maximum Gasteiger partial charge on any atom is 0.255 e. The first-order chi connectivity index (χ1) is 15.1. The Kier molecular flexibility index (Phi) is 6.75. The Morgan fingerprint density at radius 1 is 1.12 bits per heavy atom. The van der Waals surface area contributed by atoms with Crippen LogP contribution in [0.3, 0.4) is 0 Å². The lowest BCUT2D eigenvalue weighted by atomic mass is 10.1. The van der Waals surface area contributed by atoms with Crippen molar-refractivity contribution in [2.45, 2.75) is 31.7 Å². The molecular weight excluding hydrogens is 432 g/mol. The van der Waals surface area contributed by atoms with Crippen molar-refractivity contribution in [3.63, 3.8) is 0 Å². The van der Waals surface area contributed by atoms with Crippen LogP contribution < -0.4 is 20.3 Å². The summed E-state index contributed by atoms with van der Waals surface area (Å²) in [7, 11) is -2.52.